The zero-order chi connectivity index (χ0) is 14.7. The quantitative estimate of drug-likeness (QED) is 0.885. The summed E-state index contributed by atoms with van der Waals surface area (Å²) in [6.07, 6.45) is 10.9. The van der Waals surface area contributed by atoms with E-state index in [2.05, 4.69) is 15.3 Å². The van der Waals surface area contributed by atoms with Crippen LogP contribution in [0.2, 0.25) is 0 Å². The molecule has 1 amide bonds. The van der Waals surface area contributed by atoms with Crippen molar-refractivity contribution in [1.82, 2.24) is 19.9 Å². The maximum absolute atomic E-state index is 12.5. The molecule has 0 atom stereocenters. The van der Waals surface area contributed by atoms with E-state index in [1.165, 1.54) is 0 Å². The van der Waals surface area contributed by atoms with Gasteiger partial charge in [0.15, 0.2) is 0 Å². The summed E-state index contributed by atoms with van der Waals surface area (Å²) in [4.78, 5) is 20.7. The number of hydrogen-bond donors (Lipinski definition) is 2. The molecule has 21 heavy (non-hydrogen) atoms. The minimum Gasteiger partial charge on any atom is -0.345 e. The molecule has 0 spiro atoms. The van der Waals surface area contributed by atoms with Crippen LogP contribution >= 0.6 is 0 Å². The lowest BCUT2D eigenvalue weighted by Gasteiger charge is -2.28. The summed E-state index contributed by atoms with van der Waals surface area (Å²) in [7, 11) is 0. The molecule has 0 unspecified atom stereocenters. The molecule has 0 aliphatic heterocycles. The van der Waals surface area contributed by atoms with Crippen molar-refractivity contribution in [2.24, 2.45) is 5.73 Å². The Kier molecular flexibility index (Phi) is 3.70. The van der Waals surface area contributed by atoms with E-state index >= 15 is 0 Å². The fourth-order valence-electron chi connectivity index (χ4n) is 2.84. The third-order valence-corrected chi connectivity index (χ3v) is 4.11. The molecule has 0 aromatic carbocycles. The van der Waals surface area contributed by atoms with Gasteiger partial charge in [-0.2, -0.15) is 0 Å². The number of nitrogens with one attached hydrogen (secondary N) is 1. The summed E-state index contributed by atoms with van der Waals surface area (Å²) in [6, 6.07) is 3.48. The minimum atomic E-state index is -0.241. The summed E-state index contributed by atoms with van der Waals surface area (Å²) >= 11 is 0. The van der Waals surface area contributed by atoms with Gasteiger partial charge >= 0.3 is 0 Å². The Labute approximate surface area is 123 Å². The maximum Gasteiger partial charge on any atom is 0.251 e. The number of carbonyl (C=O) groups excluding carboxylic acids is 1. The van der Waals surface area contributed by atoms with Crippen LogP contribution in [0.25, 0.3) is 5.82 Å². The van der Waals surface area contributed by atoms with Crippen LogP contribution in [0.1, 0.15) is 36.0 Å². The number of aromatic nitrogens is 3. The number of nitrogens with two attached hydrogens (primary N) is 1. The van der Waals surface area contributed by atoms with Gasteiger partial charge in [-0.1, -0.05) is 12.8 Å². The van der Waals surface area contributed by atoms with Crippen molar-refractivity contribution in [3.63, 3.8) is 0 Å². The average molecular weight is 285 g/mol. The van der Waals surface area contributed by atoms with Crippen LogP contribution in [0, 0.1) is 0 Å². The van der Waals surface area contributed by atoms with E-state index in [1.807, 2.05) is 0 Å². The molecule has 110 valence electrons. The Bertz CT molecular complexity index is 617. The molecule has 2 aromatic rings. The van der Waals surface area contributed by atoms with Gasteiger partial charge < -0.3 is 11.1 Å². The fourth-order valence-corrected chi connectivity index (χ4v) is 2.84. The van der Waals surface area contributed by atoms with Crippen LogP contribution in [0.4, 0.5) is 0 Å². The maximum atomic E-state index is 12.5. The zero-order valence-electron chi connectivity index (χ0n) is 11.8. The van der Waals surface area contributed by atoms with Crippen molar-refractivity contribution < 1.29 is 4.79 Å². The molecule has 1 aliphatic rings. The molecule has 3 rings (SSSR count). The van der Waals surface area contributed by atoms with Gasteiger partial charge in [0.05, 0.1) is 5.54 Å². The Morgan fingerprint density at radius 2 is 2.19 bits per heavy atom. The second-order valence-corrected chi connectivity index (χ2v) is 5.52. The summed E-state index contributed by atoms with van der Waals surface area (Å²) in [5, 5.41) is 3.11. The first-order valence-electron chi connectivity index (χ1n) is 7.19. The van der Waals surface area contributed by atoms with Gasteiger partial charge in [0.25, 0.3) is 5.91 Å². The Morgan fingerprint density at radius 1 is 1.38 bits per heavy atom. The minimum absolute atomic E-state index is 0.0916. The smallest absolute Gasteiger partial charge is 0.251 e. The highest BCUT2D eigenvalue weighted by atomic mass is 16.1. The molecule has 6 heteroatoms. The molecule has 3 N–H and O–H groups in total. The zero-order valence-corrected chi connectivity index (χ0v) is 11.8. The van der Waals surface area contributed by atoms with E-state index in [0.29, 0.717) is 17.9 Å². The van der Waals surface area contributed by atoms with Gasteiger partial charge in [-0.15, -0.1) is 0 Å². The van der Waals surface area contributed by atoms with Crippen molar-refractivity contribution in [2.45, 2.75) is 31.2 Å². The molecule has 0 saturated heterocycles. The summed E-state index contributed by atoms with van der Waals surface area (Å²) in [5.74, 6) is 0.583. The van der Waals surface area contributed by atoms with Crippen LogP contribution in [-0.2, 0) is 0 Å². The molecule has 0 bridgehead atoms. The number of imidazole rings is 1. The highest BCUT2D eigenvalue weighted by Gasteiger charge is 2.34. The summed E-state index contributed by atoms with van der Waals surface area (Å²) < 4.78 is 1.77. The van der Waals surface area contributed by atoms with Crippen molar-refractivity contribution in [2.75, 3.05) is 6.54 Å². The first-order valence-corrected chi connectivity index (χ1v) is 7.19. The second kappa shape index (κ2) is 5.65. The number of rotatable bonds is 4. The summed E-state index contributed by atoms with van der Waals surface area (Å²) in [5.41, 5.74) is 6.21. The number of nitrogens with zero attached hydrogens (tertiary/aromatic N) is 3. The van der Waals surface area contributed by atoms with Crippen molar-refractivity contribution in [3.05, 3.63) is 42.6 Å². The third kappa shape index (κ3) is 2.80. The van der Waals surface area contributed by atoms with Gasteiger partial charge in [0.2, 0.25) is 0 Å². The lowest BCUT2D eigenvalue weighted by atomic mass is 9.97. The molecule has 0 radical (unpaired) electrons. The number of amides is 1. The third-order valence-electron chi connectivity index (χ3n) is 4.11. The van der Waals surface area contributed by atoms with Gasteiger partial charge in [0, 0.05) is 30.7 Å². The van der Waals surface area contributed by atoms with Crippen LogP contribution < -0.4 is 11.1 Å². The topological polar surface area (TPSA) is 85.8 Å². The molecular formula is C15H19N5O. The van der Waals surface area contributed by atoms with Crippen LogP contribution in [0.5, 0.6) is 0 Å². The number of carbonyl (C=O) groups is 1. The van der Waals surface area contributed by atoms with E-state index < -0.39 is 0 Å². The average Bonchev–Trinajstić information content (AvgIpc) is 3.19. The first kappa shape index (κ1) is 13.8. The molecule has 2 aromatic heterocycles. The van der Waals surface area contributed by atoms with Crippen LogP contribution in [0.3, 0.4) is 0 Å². The lowest BCUT2D eigenvalue weighted by Crippen LogP contribution is -2.51. The van der Waals surface area contributed by atoms with Crippen molar-refractivity contribution >= 4 is 5.91 Å². The molecule has 2 heterocycles. The SMILES string of the molecule is NCC1(NC(=O)c2ccnc(-n3ccnc3)c2)CCCC1. The van der Waals surface area contributed by atoms with Gasteiger partial charge in [0.1, 0.15) is 12.1 Å². The standard InChI is InChI=1S/C15H19N5O/c16-10-15(4-1-2-5-15)19-14(21)12-3-6-18-13(9-12)20-8-7-17-11-20/h3,6-9,11H,1-2,4-5,10,16H2,(H,19,21). The van der Waals surface area contributed by atoms with Crippen molar-refractivity contribution in [1.29, 1.82) is 0 Å². The first-order chi connectivity index (χ1) is 10.2. The predicted molar refractivity (Wildman–Crippen MR) is 79.1 cm³/mol. The normalized spacial score (nSPS) is 16.8. The van der Waals surface area contributed by atoms with Crippen LogP contribution in [0.15, 0.2) is 37.1 Å². The van der Waals surface area contributed by atoms with E-state index in [-0.39, 0.29) is 11.4 Å². The molecule has 1 fully saturated rings. The van der Waals surface area contributed by atoms with E-state index in [0.717, 1.165) is 25.7 Å². The van der Waals surface area contributed by atoms with Gasteiger partial charge in [-0.05, 0) is 25.0 Å². The van der Waals surface area contributed by atoms with Gasteiger partial charge in [-0.3, -0.25) is 9.36 Å². The Morgan fingerprint density at radius 3 is 2.86 bits per heavy atom. The highest BCUT2D eigenvalue weighted by Crippen LogP contribution is 2.28. The van der Waals surface area contributed by atoms with E-state index in [1.54, 1.807) is 41.6 Å². The van der Waals surface area contributed by atoms with Crippen LogP contribution in [-0.4, -0.2) is 32.5 Å². The molecule has 6 nitrogen and oxygen atoms in total. The molecule has 1 saturated carbocycles. The number of hydrogen-bond acceptors (Lipinski definition) is 4. The lowest BCUT2D eigenvalue weighted by molar-refractivity contribution is 0.0903. The Hall–Kier alpha value is -2.21. The number of pyridine rings is 1. The molecular weight excluding hydrogens is 266 g/mol. The van der Waals surface area contributed by atoms with E-state index in [4.69, 9.17) is 5.73 Å². The highest BCUT2D eigenvalue weighted by molar-refractivity contribution is 5.95. The monoisotopic (exact) mass is 285 g/mol. The van der Waals surface area contributed by atoms with E-state index in [9.17, 15) is 4.79 Å². The summed E-state index contributed by atoms with van der Waals surface area (Å²) in [6.45, 7) is 0.484. The predicted octanol–water partition coefficient (Wildman–Crippen LogP) is 1.27. The van der Waals surface area contributed by atoms with Gasteiger partial charge in [-0.25, -0.2) is 9.97 Å². The largest absolute Gasteiger partial charge is 0.345 e. The Balaban J connectivity index is 1.80. The second-order valence-electron chi connectivity index (χ2n) is 5.52. The van der Waals surface area contributed by atoms with Crippen molar-refractivity contribution in [3.8, 4) is 5.82 Å². The molecule has 1 aliphatic carbocycles. The fraction of sp³-hybridized carbons (Fsp3) is 0.400.